The number of hydrogen-bond acceptors (Lipinski definition) is 9. The van der Waals surface area contributed by atoms with Crippen LogP contribution in [0, 0.1) is 0 Å². The average Bonchev–Trinajstić information content (AvgIpc) is 3.02. The molecule has 0 saturated carbocycles. The highest BCUT2D eigenvalue weighted by atomic mass is 16.5. The topological polar surface area (TPSA) is 152 Å². The van der Waals surface area contributed by atoms with Gasteiger partial charge in [-0.05, 0) is 38.1 Å². The molecule has 0 unspecified atom stereocenters. The number of para-hydroxylation sites is 1. The van der Waals surface area contributed by atoms with E-state index in [1.807, 2.05) is 62.5 Å². The summed E-state index contributed by atoms with van der Waals surface area (Å²) >= 11 is 0. The summed E-state index contributed by atoms with van der Waals surface area (Å²) in [6.45, 7) is 7.60. The lowest BCUT2D eigenvalue weighted by Crippen LogP contribution is -2.38. The second-order valence-corrected chi connectivity index (χ2v) is 10.3. The number of nitrogens with zero attached hydrogens (tertiary/aromatic N) is 2. The number of ether oxygens (including phenoxy) is 2. The zero-order valence-electron chi connectivity index (χ0n) is 26.5. The molecule has 2 aromatic carbocycles. The van der Waals surface area contributed by atoms with E-state index in [4.69, 9.17) is 21.1 Å². The molecule has 3 rings (SSSR count). The van der Waals surface area contributed by atoms with Gasteiger partial charge < -0.3 is 35.7 Å². The van der Waals surface area contributed by atoms with Gasteiger partial charge in [-0.2, -0.15) is 0 Å². The average molecular weight is 611 g/mol. The second kappa shape index (κ2) is 20.9. The fraction of sp³-hybridized carbons (Fsp3) is 0.485. The molecule has 11 heteroatoms. The van der Waals surface area contributed by atoms with Crippen LogP contribution in [-0.4, -0.2) is 69.8 Å². The molecule has 0 bridgehead atoms. The monoisotopic (exact) mass is 610 g/mol. The SMILES string of the molecule is CCCCCNC.CCCOCCC(=O)NCCC(=O)N1Cc2ccccc2/C(N(N)CCOC=O)=C(/N)c2ccccc21. The Kier molecular flexibility index (Phi) is 17.2. The molecule has 1 aliphatic rings. The number of amides is 2. The van der Waals surface area contributed by atoms with E-state index in [-0.39, 0.29) is 44.4 Å². The number of carbonyl (C=O) groups is 3. The van der Waals surface area contributed by atoms with E-state index >= 15 is 0 Å². The zero-order valence-corrected chi connectivity index (χ0v) is 26.5. The molecule has 1 aliphatic heterocycles. The molecule has 44 heavy (non-hydrogen) atoms. The van der Waals surface area contributed by atoms with E-state index in [9.17, 15) is 14.4 Å². The molecule has 1 heterocycles. The summed E-state index contributed by atoms with van der Waals surface area (Å²) in [5.41, 5.74) is 10.6. The Morgan fingerprint density at radius 1 is 0.955 bits per heavy atom. The van der Waals surface area contributed by atoms with Crippen LogP contribution in [0.5, 0.6) is 0 Å². The summed E-state index contributed by atoms with van der Waals surface area (Å²) in [6.07, 6.45) is 5.29. The summed E-state index contributed by atoms with van der Waals surface area (Å²) in [5, 5.41) is 7.36. The molecule has 11 nitrogen and oxygen atoms in total. The highest BCUT2D eigenvalue weighted by Crippen LogP contribution is 2.36. The Labute approximate surface area is 261 Å². The summed E-state index contributed by atoms with van der Waals surface area (Å²) < 4.78 is 10.2. The Morgan fingerprint density at radius 3 is 2.39 bits per heavy atom. The highest BCUT2D eigenvalue weighted by Gasteiger charge is 2.27. The van der Waals surface area contributed by atoms with Gasteiger partial charge in [0.1, 0.15) is 6.61 Å². The molecule has 242 valence electrons. The number of unbranched alkanes of at least 4 members (excludes halogenated alkanes) is 2. The Bertz CT molecular complexity index is 1200. The van der Waals surface area contributed by atoms with Crippen molar-refractivity contribution in [3.63, 3.8) is 0 Å². The highest BCUT2D eigenvalue weighted by molar-refractivity contribution is 6.01. The minimum atomic E-state index is -0.152. The number of nitrogens with two attached hydrogens (primary N) is 2. The molecule has 0 spiro atoms. The van der Waals surface area contributed by atoms with Crippen molar-refractivity contribution in [2.45, 2.75) is 58.9 Å². The minimum Gasteiger partial charge on any atom is -0.466 e. The predicted molar refractivity (Wildman–Crippen MR) is 175 cm³/mol. The Morgan fingerprint density at radius 2 is 1.68 bits per heavy atom. The summed E-state index contributed by atoms with van der Waals surface area (Å²) in [6, 6.07) is 15.0. The molecule has 0 aliphatic carbocycles. The van der Waals surface area contributed by atoms with Crippen molar-refractivity contribution in [1.29, 1.82) is 0 Å². The molecular formula is C33H50N6O5. The number of hydrazine groups is 1. The van der Waals surface area contributed by atoms with Gasteiger partial charge in [-0.25, -0.2) is 5.84 Å². The van der Waals surface area contributed by atoms with Crippen molar-refractivity contribution in [3.05, 3.63) is 65.2 Å². The summed E-state index contributed by atoms with van der Waals surface area (Å²) in [4.78, 5) is 37.8. The quantitative estimate of drug-likeness (QED) is 0.0914. The normalized spacial score (nSPS) is 13.8. The standard InChI is InChI=1S/C27H35N5O5.C6H15N/c1-2-15-36-16-12-24(34)30-13-11-25(35)31-18-20-7-3-4-8-21(20)27(32(29)14-17-37-19-33)26(28)22-9-5-6-10-23(22)31;1-3-4-5-6-7-2/h3-10,19H,2,11-18,28-29H2,1H3,(H,30,34);7H,3-6H2,1-2H3/b27-26-;. The second-order valence-electron chi connectivity index (χ2n) is 10.3. The van der Waals surface area contributed by atoms with E-state index < -0.39 is 0 Å². The van der Waals surface area contributed by atoms with Crippen LogP contribution < -0.4 is 27.1 Å². The first-order chi connectivity index (χ1) is 21.4. The first-order valence-corrected chi connectivity index (χ1v) is 15.4. The van der Waals surface area contributed by atoms with Gasteiger partial charge in [0.05, 0.1) is 36.8 Å². The van der Waals surface area contributed by atoms with Gasteiger partial charge in [0.2, 0.25) is 11.8 Å². The number of rotatable bonds is 17. The van der Waals surface area contributed by atoms with Crippen molar-refractivity contribution < 1.29 is 23.9 Å². The van der Waals surface area contributed by atoms with E-state index in [0.717, 1.165) is 17.5 Å². The van der Waals surface area contributed by atoms with Crippen molar-refractivity contribution in [1.82, 2.24) is 15.6 Å². The first kappa shape index (κ1) is 36.3. The number of nitrogens with one attached hydrogen (secondary N) is 2. The van der Waals surface area contributed by atoms with Gasteiger partial charge in [0.25, 0.3) is 6.47 Å². The fourth-order valence-electron chi connectivity index (χ4n) is 4.69. The molecular weight excluding hydrogens is 560 g/mol. The lowest BCUT2D eigenvalue weighted by atomic mass is 9.95. The van der Waals surface area contributed by atoms with Crippen LogP contribution in [0.4, 0.5) is 5.69 Å². The lowest BCUT2D eigenvalue weighted by Gasteiger charge is -2.32. The number of fused-ring (bicyclic) bond motifs is 2. The van der Waals surface area contributed by atoms with Gasteiger partial charge >= 0.3 is 0 Å². The smallest absolute Gasteiger partial charge is 0.293 e. The molecule has 0 fully saturated rings. The third kappa shape index (κ3) is 11.6. The first-order valence-electron chi connectivity index (χ1n) is 15.4. The van der Waals surface area contributed by atoms with Gasteiger partial charge in [-0.15, -0.1) is 0 Å². The number of carbonyl (C=O) groups excluding carboxylic acids is 3. The molecule has 0 atom stereocenters. The summed E-state index contributed by atoms with van der Waals surface area (Å²) in [7, 11) is 2.00. The van der Waals surface area contributed by atoms with E-state index in [2.05, 4.69) is 17.6 Å². The van der Waals surface area contributed by atoms with Crippen molar-refractivity contribution in [2.75, 3.05) is 51.4 Å². The number of benzene rings is 2. The van der Waals surface area contributed by atoms with Gasteiger partial charge in [-0.1, -0.05) is 69.2 Å². The Balaban J connectivity index is 0.000000860. The summed E-state index contributed by atoms with van der Waals surface area (Å²) in [5.74, 6) is 6.08. The van der Waals surface area contributed by atoms with Crippen molar-refractivity contribution in [2.24, 2.45) is 11.6 Å². The third-order valence-electron chi connectivity index (χ3n) is 6.96. The van der Waals surface area contributed by atoms with Crippen molar-refractivity contribution in [3.8, 4) is 0 Å². The fourth-order valence-corrected chi connectivity index (χ4v) is 4.69. The van der Waals surface area contributed by atoms with Gasteiger partial charge in [-0.3, -0.25) is 14.4 Å². The molecule has 2 amide bonds. The molecule has 0 radical (unpaired) electrons. The van der Waals surface area contributed by atoms with Crippen LogP contribution in [0.1, 0.15) is 69.1 Å². The molecule has 2 aromatic rings. The van der Waals surface area contributed by atoms with Crippen LogP contribution >= 0.6 is 0 Å². The maximum Gasteiger partial charge on any atom is 0.293 e. The van der Waals surface area contributed by atoms with Gasteiger partial charge in [0.15, 0.2) is 0 Å². The van der Waals surface area contributed by atoms with Crippen molar-refractivity contribution >= 4 is 35.4 Å². The van der Waals surface area contributed by atoms with Crippen LogP contribution in [-0.2, 0) is 30.4 Å². The van der Waals surface area contributed by atoms with E-state index in [1.165, 1.54) is 30.8 Å². The van der Waals surface area contributed by atoms with E-state index in [1.54, 1.807) is 4.90 Å². The number of anilines is 1. The largest absolute Gasteiger partial charge is 0.466 e. The van der Waals surface area contributed by atoms with Crippen LogP contribution in [0.3, 0.4) is 0 Å². The van der Waals surface area contributed by atoms with E-state index in [0.29, 0.717) is 48.9 Å². The maximum atomic E-state index is 13.4. The van der Waals surface area contributed by atoms with Gasteiger partial charge in [0, 0.05) is 37.1 Å². The lowest BCUT2D eigenvalue weighted by molar-refractivity contribution is -0.129. The predicted octanol–water partition coefficient (Wildman–Crippen LogP) is 3.39. The third-order valence-corrected chi connectivity index (χ3v) is 6.96. The number of hydrogen-bond donors (Lipinski definition) is 4. The maximum absolute atomic E-state index is 13.4. The minimum absolute atomic E-state index is 0.0989. The zero-order chi connectivity index (χ0) is 32.2. The van der Waals surface area contributed by atoms with Crippen LogP contribution in [0.25, 0.3) is 11.4 Å². The molecule has 0 aromatic heterocycles. The molecule has 6 N–H and O–H groups in total. The van der Waals surface area contributed by atoms with Crippen LogP contribution in [0.15, 0.2) is 48.5 Å². The molecule has 0 saturated heterocycles. The van der Waals surface area contributed by atoms with Crippen LogP contribution in [0.2, 0.25) is 0 Å². The Hall–Kier alpha value is -3.93.